The van der Waals surface area contributed by atoms with Gasteiger partial charge in [-0.15, -0.1) is 11.3 Å². The van der Waals surface area contributed by atoms with E-state index in [1.807, 2.05) is 0 Å². The van der Waals surface area contributed by atoms with E-state index in [2.05, 4.69) is 5.32 Å². The number of sulfonamides is 1. The van der Waals surface area contributed by atoms with Gasteiger partial charge in [0.05, 0.1) is 22.6 Å². The van der Waals surface area contributed by atoms with E-state index in [1.54, 1.807) is 5.38 Å². The van der Waals surface area contributed by atoms with Crippen LogP contribution in [0.25, 0.3) is 0 Å². The molecular weight excluding hydrogens is 319 g/mol. The van der Waals surface area contributed by atoms with E-state index in [-0.39, 0.29) is 10.6 Å². The Morgan fingerprint density at radius 3 is 2.67 bits per heavy atom. The van der Waals surface area contributed by atoms with E-state index in [1.165, 1.54) is 13.2 Å². The zero-order valence-corrected chi connectivity index (χ0v) is 12.4. The van der Waals surface area contributed by atoms with E-state index < -0.39 is 21.7 Å². The molecule has 6 nitrogen and oxygen atoms in total. The number of amides is 1. The highest BCUT2D eigenvalue weighted by atomic mass is 32.2. The lowest BCUT2D eigenvalue weighted by molar-refractivity contribution is 0.102. The molecule has 9 heteroatoms. The molecule has 112 valence electrons. The fourth-order valence-electron chi connectivity index (χ4n) is 1.51. The Morgan fingerprint density at radius 1 is 1.38 bits per heavy atom. The molecule has 0 radical (unpaired) electrons. The number of halogens is 1. The van der Waals surface area contributed by atoms with Crippen LogP contribution in [-0.2, 0) is 10.0 Å². The first-order chi connectivity index (χ1) is 9.81. The SMILES string of the molecule is COc1csc(C(=O)Nc2cc(S(N)(=O)=O)ccc2F)c1. The number of hydrogen-bond donors (Lipinski definition) is 2. The molecule has 0 saturated heterocycles. The maximum Gasteiger partial charge on any atom is 0.265 e. The number of nitrogens with two attached hydrogens (primary N) is 1. The van der Waals surface area contributed by atoms with E-state index in [0.29, 0.717) is 10.6 Å². The van der Waals surface area contributed by atoms with Crippen LogP contribution in [0, 0.1) is 5.82 Å². The topological polar surface area (TPSA) is 98.5 Å². The summed E-state index contributed by atoms with van der Waals surface area (Å²) in [6, 6.07) is 4.40. The van der Waals surface area contributed by atoms with Crippen LogP contribution in [0.1, 0.15) is 9.67 Å². The number of hydrogen-bond acceptors (Lipinski definition) is 5. The molecule has 1 heterocycles. The Labute approximate surface area is 124 Å². The van der Waals surface area contributed by atoms with E-state index >= 15 is 0 Å². The van der Waals surface area contributed by atoms with Crippen LogP contribution in [-0.4, -0.2) is 21.4 Å². The van der Waals surface area contributed by atoms with Gasteiger partial charge in [0.25, 0.3) is 5.91 Å². The first-order valence-corrected chi connectivity index (χ1v) is 8.00. The third-order valence-corrected chi connectivity index (χ3v) is 4.37. The van der Waals surface area contributed by atoms with E-state index in [0.717, 1.165) is 29.5 Å². The van der Waals surface area contributed by atoms with Gasteiger partial charge in [-0.25, -0.2) is 17.9 Å². The Hall–Kier alpha value is -1.97. The van der Waals surface area contributed by atoms with Crippen molar-refractivity contribution in [1.29, 1.82) is 0 Å². The molecule has 0 aliphatic carbocycles. The van der Waals surface area contributed by atoms with Crippen molar-refractivity contribution in [3.8, 4) is 5.75 Å². The summed E-state index contributed by atoms with van der Waals surface area (Å²) in [7, 11) is -2.52. The Bertz CT molecular complexity index is 786. The predicted octanol–water partition coefficient (Wildman–Crippen LogP) is 1.80. The van der Waals surface area contributed by atoms with Gasteiger partial charge in [0.2, 0.25) is 10.0 Å². The van der Waals surface area contributed by atoms with Crippen LogP contribution in [0.2, 0.25) is 0 Å². The second-order valence-corrected chi connectivity index (χ2v) is 6.46. The average Bonchev–Trinajstić information content (AvgIpc) is 2.88. The van der Waals surface area contributed by atoms with Gasteiger partial charge in [0.15, 0.2) is 0 Å². The number of ether oxygens (including phenoxy) is 1. The number of thiophene rings is 1. The molecular formula is C12H11FN2O4S2. The van der Waals surface area contributed by atoms with Gasteiger partial charge in [-0.3, -0.25) is 4.79 Å². The number of carbonyl (C=O) groups is 1. The highest BCUT2D eigenvalue weighted by molar-refractivity contribution is 7.89. The summed E-state index contributed by atoms with van der Waals surface area (Å²) in [5.74, 6) is -0.836. The van der Waals surface area contributed by atoms with E-state index in [9.17, 15) is 17.6 Å². The van der Waals surface area contributed by atoms with Gasteiger partial charge in [-0.05, 0) is 18.2 Å². The summed E-state index contributed by atoms with van der Waals surface area (Å²) in [6.45, 7) is 0. The molecule has 0 unspecified atom stereocenters. The lowest BCUT2D eigenvalue weighted by atomic mass is 10.3. The Kier molecular flexibility index (Phi) is 4.26. The molecule has 1 aromatic carbocycles. The summed E-state index contributed by atoms with van der Waals surface area (Å²) < 4.78 is 41.0. The molecule has 1 amide bonds. The molecule has 0 aliphatic rings. The zero-order valence-electron chi connectivity index (χ0n) is 10.8. The van der Waals surface area contributed by atoms with Crippen LogP contribution in [0.15, 0.2) is 34.5 Å². The maximum absolute atomic E-state index is 13.6. The van der Waals surface area contributed by atoms with Crippen LogP contribution in [0.3, 0.4) is 0 Å². The lowest BCUT2D eigenvalue weighted by Gasteiger charge is -2.07. The number of anilines is 1. The minimum absolute atomic E-state index is 0.265. The fraction of sp³-hybridized carbons (Fsp3) is 0.0833. The first-order valence-electron chi connectivity index (χ1n) is 5.57. The van der Waals surface area contributed by atoms with Crippen LogP contribution in [0.4, 0.5) is 10.1 Å². The molecule has 0 fully saturated rings. The van der Waals surface area contributed by atoms with Gasteiger partial charge in [0, 0.05) is 11.4 Å². The second kappa shape index (κ2) is 5.80. The van der Waals surface area contributed by atoms with Crippen molar-refractivity contribution in [1.82, 2.24) is 0 Å². The van der Waals surface area contributed by atoms with Gasteiger partial charge in [-0.1, -0.05) is 0 Å². The third-order valence-electron chi connectivity index (χ3n) is 2.55. The minimum Gasteiger partial charge on any atom is -0.496 e. The maximum atomic E-state index is 13.6. The second-order valence-electron chi connectivity index (χ2n) is 3.99. The van der Waals surface area contributed by atoms with Gasteiger partial charge in [0.1, 0.15) is 11.6 Å². The van der Waals surface area contributed by atoms with Crippen molar-refractivity contribution in [3.63, 3.8) is 0 Å². The molecule has 0 aliphatic heterocycles. The number of nitrogens with one attached hydrogen (secondary N) is 1. The number of methoxy groups -OCH3 is 1. The number of benzene rings is 1. The molecule has 1 aromatic heterocycles. The van der Waals surface area contributed by atoms with Crippen molar-refractivity contribution in [2.45, 2.75) is 4.90 Å². The smallest absolute Gasteiger partial charge is 0.265 e. The Balaban J connectivity index is 2.28. The van der Waals surface area contributed by atoms with Crippen molar-refractivity contribution < 1.29 is 22.3 Å². The summed E-state index contributed by atoms with van der Waals surface area (Å²) in [5.41, 5.74) is -0.265. The molecule has 0 saturated carbocycles. The standard InChI is InChI=1S/C12H11FN2O4S2/c1-19-7-4-11(20-6-7)12(16)15-10-5-8(21(14,17)18)2-3-9(10)13/h2-6H,1H3,(H,15,16)(H2,14,17,18). The largest absolute Gasteiger partial charge is 0.496 e. The summed E-state index contributed by atoms with van der Waals surface area (Å²) in [4.78, 5) is 12.0. The van der Waals surface area contributed by atoms with Gasteiger partial charge in [-0.2, -0.15) is 0 Å². The quantitative estimate of drug-likeness (QED) is 0.893. The van der Waals surface area contributed by atoms with Crippen molar-refractivity contribution >= 4 is 33.0 Å². The van der Waals surface area contributed by atoms with Crippen LogP contribution < -0.4 is 15.2 Å². The Morgan fingerprint density at radius 2 is 2.10 bits per heavy atom. The lowest BCUT2D eigenvalue weighted by Crippen LogP contribution is -2.15. The van der Waals surface area contributed by atoms with E-state index in [4.69, 9.17) is 9.88 Å². The monoisotopic (exact) mass is 330 g/mol. The zero-order chi connectivity index (χ0) is 15.6. The molecule has 2 aromatic rings. The third kappa shape index (κ3) is 3.57. The van der Waals surface area contributed by atoms with Crippen LogP contribution in [0.5, 0.6) is 5.75 Å². The highest BCUT2D eigenvalue weighted by Gasteiger charge is 2.15. The van der Waals surface area contributed by atoms with Crippen molar-refractivity contribution in [3.05, 3.63) is 40.3 Å². The summed E-state index contributed by atoms with van der Waals surface area (Å²) in [5, 5.41) is 8.88. The highest BCUT2D eigenvalue weighted by Crippen LogP contribution is 2.24. The molecule has 0 bridgehead atoms. The number of rotatable bonds is 4. The van der Waals surface area contributed by atoms with Crippen molar-refractivity contribution in [2.24, 2.45) is 5.14 Å². The predicted molar refractivity (Wildman–Crippen MR) is 76.6 cm³/mol. The minimum atomic E-state index is -3.98. The van der Waals surface area contributed by atoms with Gasteiger partial charge < -0.3 is 10.1 Å². The molecule has 3 N–H and O–H groups in total. The molecule has 2 rings (SSSR count). The first kappa shape index (κ1) is 15.4. The molecule has 0 atom stereocenters. The molecule has 0 spiro atoms. The molecule has 21 heavy (non-hydrogen) atoms. The summed E-state index contributed by atoms with van der Waals surface area (Å²) in [6.07, 6.45) is 0. The van der Waals surface area contributed by atoms with Crippen molar-refractivity contribution in [2.75, 3.05) is 12.4 Å². The summed E-state index contributed by atoms with van der Waals surface area (Å²) >= 11 is 1.11. The van der Waals surface area contributed by atoms with Crippen LogP contribution >= 0.6 is 11.3 Å². The van der Waals surface area contributed by atoms with Gasteiger partial charge >= 0.3 is 0 Å². The average molecular weight is 330 g/mol. The number of carbonyl (C=O) groups excluding carboxylic acids is 1. The number of primary sulfonamides is 1. The normalized spacial score (nSPS) is 11.2. The fourth-order valence-corrected chi connectivity index (χ4v) is 2.80.